The molecule has 0 saturated carbocycles. The first-order valence-corrected chi connectivity index (χ1v) is 12.1. The van der Waals surface area contributed by atoms with Crippen molar-refractivity contribution < 1.29 is 24.2 Å². The molecule has 0 fully saturated rings. The summed E-state index contributed by atoms with van der Waals surface area (Å²) in [6.45, 7) is 3.65. The summed E-state index contributed by atoms with van der Waals surface area (Å²) in [6, 6.07) is 10.8. The van der Waals surface area contributed by atoms with Crippen molar-refractivity contribution in [2.24, 2.45) is 0 Å². The molecular weight excluding hydrogens is 531 g/mol. The van der Waals surface area contributed by atoms with Gasteiger partial charge in [0.25, 0.3) is 0 Å². The molecule has 0 bridgehead atoms. The summed E-state index contributed by atoms with van der Waals surface area (Å²) in [5.74, 6) is 0.480. The van der Waals surface area contributed by atoms with Gasteiger partial charge in [-0.25, -0.2) is 9.59 Å². The van der Waals surface area contributed by atoms with Crippen molar-refractivity contribution >= 4 is 52.6 Å². The van der Waals surface area contributed by atoms with Crippen LogP contribution in [-0.4, -0.2) is 44.2 Å². The molecule has 4 rings (SSSR count). The van der Waals surface area contributed by atoms with Gasteiger partial charge >= 0.3 is 12.1 Å². The molecule has 2 atom stereocenters. The Morgan fingerprint density at radius 1 is 1.22 bits per heavy atom. The number of aliphatic hydroxyl groups excluding tert-OH is 1. The molecule has 0 unspecified atom stereocenters. The van der Waals surface area contributed by atoms with Crippen molar-refractivity contribution in [2.75, 3.05) is 11.9 Å². The Morgan fingerprint density at radius 2 is 1.94 bits per heavy atom. The van der Waals surface area contributed by atoms with Gasteiger partial charge in [-0.1, -0.05) is 40.9 Å². The highest BCUT2D eigenvalue weighted by molar-refractivity contribution is 6.67. The first-order chi connectivity index (χ1) is 16.9. The van der Waals surface area contributed by atoms with Crippen LogP contribution in [0.1, 0.15) is 42.1 Å². The quantitative estimate of drug-likeness (QED) is 0.470. The zero-order chi connectivity index (χ0) is 26.3. The van der Waals surface area contributed by atoms with E-state index in [1.54, 1.807) is 50.2 Å². The summed E-state index contributed by atoms with van der Waals surface area (Å²) >= 11 is 16.9. The second-order valence-electron chi connectivity index (χ2n) is 9.10. The molecule has 3 amide bonds. The van der Waals surface area contributed by atoms with Crippen molar-refractivity contribution in [1.82, 2.24) is 10.2 Å². The van der Waals surface area contributed by atoms with Gasteiger partial charge in [0, 0.05) is 24.3 Å². The summed E-state index contributed by atoms with van der Waals surface area (Å²) in [7, 11) is 0. The number of fused-ring (bicyclic) bond motifs is 2. The summed E-state index contributed by atoms with van der Waals surface area (Å²) < 4.78 is 9.21. The van der Waals surface area contributed by atoms with E-state index in [1.165, 1.54) is 4.90 Å². The van der Waals surface area contributed by atoms with Gasteiger partial charge in [0.2, 0.25) is 3.79 Å². The number of carbonyl (C=O) groups excluding carboxylic acids is 2. The lowest BCUT2D eigenvalue weighted by Crippen LogP contribution is -2.54. The first-order valence-electron chi connectivity index (χ1n) is 11.0. The van der Waals surface area contributed by atoms with Crippen LogP contribution in [0.5, 0.6) is 5.75 Å². The smallest absolute Gasteiger partial charge is 0.410 e. The van der Waals surface area contributed by atoms with Crippen LogP contribution < -0.4 is 15.4 Å². The highest BCUT2D eigenvalue weighted by atomic mass is 35.6. The summed E-state index contributed by atoms with van der Waals surface area (Å²) in [6.07, 6.45) is -1.69. The number of amides is 3. The number of nitriles is 1. The van der Waals surface area contributed by atoms with Crippen LogP contribution in [0.25, 0.3) is 0 Å². The molecule has 0 saturated heterocycles. The van der Waals surface area contributed by atoms with Gasteiger partial charge in [0.15, 0.2) is 0 Å². The van der Waals surface area contributed by atoms with E-state index in [4.69, 9.17) is 44.3 Å². The fourth-order valence-electron chi connectivity index (χ4n) is 4.17. The molecule has 2 aliphatic heterocycles. The maximum Gasteiger partial charge on any atom is 0.410 e. The Kier molecular flexibility index (Phi) is 7.17. The van der Waals surface area contributed by atoms with Gasteiger partial charge in [-0.2, -0.15) is 5.26 Å². The van der Waals surface area contributed by atoms with Crippen LogP contribution in [0.15, 0.2) is 36.4 Å². The highest BCUT2D eigenvalue weighted by Crippen LogP contribution is 2.40. The van der Waals surface area contributed by atoms with Crippen LogP contribution in [0.2, 0.25) is 0 Å². The number of benzene rings is 2. The third-order valence-corrected chi connectivity index (χ3v) is 6.29. The van der Waals surface area contributed by atoms with Crippen LogP contribution in [0.3, 0.4) is 0 Å². The zero-order valence-corrected chi connectivity index (χ0v) is 21.6. The molecule has 190 valence electrons. The van der Waals surface area contributed by atoms with E-state index in [0.29, 0.717) is 29.1 Å². The van der Waals surface area contributed by atoms with E-state index in [-0.39, 0.29) is 13.2 Å². The van der Waals surface area contributed by atoms with E-state index >= 15 is 0 Å². The Bertz CT molecular complexity index is 1240. The summed E-state index contributed by atoms with van der Waals surface area (Å²) in [5, 5.41) is 25.7. The summed E-state index contributed by atoms with van der Waals surface area (Å²) in [5.41, 5.74) is 2.14. The number of rotatable bonds is 3. The fourth-order valence-corrected chi connectivity index (χ4v) is 4.33. The number of nitrogens with zero attached hydrogens (tertiary/aromatic N) is 2. The van der Waals surface area contributed by atoms with Gasteiger partial charge in [-0.05, 0) is 55.3 Å². The van der Waals surface area contributed by atoms with Crippen molar-refractivity contribution in [2.45, 2.75) is 48.5 Å². The van der Waals surface area contributed by atoms with Crippen LogP contribution >= 0.6 is 34.8 Å². The number of alkyl halides is 3. The molecule has 36 heavy (non-hydrogen) atoms. The lowest BCUT2D eigenvalue weighted by molar-refractivity contribution is -0.0618. The van der Waals surface area contributed by atoms with E-state index < -0.39 is 33.7 Å². The number of carbonyl (C=O) groups is 2. The molecule has 2 aliphatic rings. The van der Waals surface area contributed by atoms with Crippen LogP contribution in [0, 0.1) is 11.3 Å². The molecular formula is C24H23Cl3N4O5. The molecule has 0 aromatic heterocycles. The lowest BCUT2D eigenvalue weighted by Gasteiger charge is -2.42. The Labute approximate surface area is 222 Å². The van der Waals surface area contributed by atoms with Crippen molar-refractivity contribution in [3.63, 3.8) is 0 Å². The molecule has 0 aliphatic carbocycles. The van der Waals surface area contributed by atoms with Gasteiger partial charge in [0.1, 0.15) is 24.1 Å². The average molecular weight is 554 g/mol. The lowest BCUT2D eigenvalue weighted by atomic mass is 9.86. The topological polar surface area (TPSA) is 124 Å². The Morgan fingerprint density at radius 3 is 2.64 bits per heavy atom. The number of halogens is 3. The van der Waals surface area contributed by atoms with Gasteiger partial charge < -0.3 is 25.2 Å². The number of nitrogens with one attached hydrogen (secondary N) is 2. The second kappa shape index (κ2) is 9.87. The fraction of sp³-hybridized carbons (Fsp3) is 0.375. The highest BCUT2D eigenvalue weighted by Gasteiger charge is 2.43. The number of hydrogen-bond donors (Lipinski definition) is 3. The SMILES string of the molecule is CC1(C)Oc2ccc(C#N)cc2[C@@H](NC(=O)Nc2ccc3c(c2)CN(C(=O)OCC(Cl)(Cl)Cl)C3)[C@@H]1O. The van der Waals surface area contributed by atoms with Crippen molar-refractivity contribution in [1.29, 1.82) is 5.26 Å². The van der Waals surface area contributed by atoms with Crippen LogP contribution in [0.4, 0.5) is 15.3 Å². The minimum absolute atomic E-state index is 0.266. The maximum absolute atomic E-state index is 12.9. The molecule has 0 radical (unpaired) electrons. The molecule has 3 N–H and O–H groups in total. The third-order valence-electron chi connectivity index (χ3n) is 5.97. The number of hydrogen-bond acceptors (Lipinski definition) is 6. The third kappa shape index (κ3) is 5.73. The van der Waals surface area contributed by atoms with Gasteiger partial charge in [0.05, 0.1) is 17.7 Å². The zero-order valence-electron chi connectivity index (χ0n) is 19.3. The predicted octanol–water partition coefficient (Wildman–Crippen LogP) is 4.78. The maximum atomic E-state index is 12.9. The number of urea groups is 1. The molecule has 2 aromatic rings. The predicted molar refractivity (Wildman–Crippen MR) is 134 cm³/mol. The van der Waals surface area contributed by atoms with Crippen molar-refractivity contribution in [3.8, 4) is 11.8 Å². The van der Waals surface area contributed by atoms with E-state index in [1.807, 2.05) is 0 Å². The molecule has 12 heteroatoms. The monoisotopic (exact) mass is 552 g/mol. The molecule has 2 heterocycles. The second-order valence-corrected chi connectivity index (χ2v) is 11.6. The average Bonchev–Trinajstić information content (AvgIpc) is 3.23. The Balaban J connectivity index is 1.44. The van der Waals surface area contributed by atoms with Gasteiger partial charge in [-0.15, -0.1) is 0 Å². The van der Waals surface area contributed by atoms with Crippen molar-refractivity contribution in [3.05, 3.63) is 58.7 Å². The Hall–Kier alpha value is -2.90. The number of aliphatic hydroxyl groups is 1. The molecule has 2 aromatic carbocycles. The van der Waals surface area contributed by atoms with E-state index in [2.05, 4.69) is 16.7 Å². The van der Waals surface area contributed by atoms with Gasteiger partial charge in [-0.3, -0.25) is 4.90 Å². The summed E-state index contributed by atoms with van der Waals surface area (Å²) in [4.78, 5) is 26.6. The molecule has 9 nitrogen and oxygen atoms in total. The van der Waals surface area contributed by atoms with Crippen LogP contribution in [-0.2, 0) is 17.8 Å². The number of ether oxygens (including phenoxy) is 2. The molecule has 0 spiro atoms. The minimum atomic E-state index is -1.70. The number of anilines is 1. The normalized spacial score (nSPS) is 19.9. The van der Waals surface area contributed by atoms with E-state index in [9.17, 15) is 20.0 Å². The minimum Gasteiger partial charge on any atom is -0.485 e. The standard InChI is InChI=1S/C24H23Cl3N4O5/c1-23(2)20(32)19(17-7-13(9-28)3-6-18(17)36-23)30-21(33)29-16-5-4-14-10-31(11-15(14)8-16)22(34)35-12-24(25,26)27/h3-8,19-20,32H,10-12H2,1-2H3,(H2,29,30,33)/t19-,20+/m1/s1. The largest absolute Gasteiger partial charge is 0.485 e. The van der Waals surface area contributed by atoms with E-state index in [0.717, 1.165) is 11.1 Å². The first kappa shape index (κ1) is 26.2.